The highest BCUT2D eigenvalue weighted by molar-refractivity contribution is 5.10. The molecule has 1 aliphatic rings. The normalized spacial score (nSPS) is 25.9. The van der Waals surface area contributed by atoms with Crippen molar-refractivity contribution in [3.8, 4) is 0 Å². The first-order valence-corrected chi connectivity index (χ1v) is 6.57. The van der Waals surface area contributed by atoms with Crippen LogP contribution in [-0.2, 0) is 6.54 Å². The Morgan fingerprint density at radius 1 is 1.50 bits per heavy atom. The Labute approximate surface area is 98.3 Å². The minimum Gasteiger partial charge on any atom is -0.334 e. The molecule has 0 amide bonds. The zero-order valence-electron chi connectivity index (χ0n) is 10.4. The number of aromatic nitrogens is 2. The molecule has 0 spiro atoms. The van der Waals surface area contributed by atoms with Gasteiger partial charge in [0.15, 0.2) is 0 Å². The van der Waals surface area contributed by atoms with E-state index in [4.69, 9.17) is 0 Å². The summed E-state index contributed by atoms with van der Waals surface area (Å²) >= 11 is 0. The largest absolute Gasteiger partial charge is 0.334 e. The van der Waals surface area contributed by atoms with E-state index in [9.17, 15) is 0 Å². The van der Waals surface area contributed by atoms with Crippen LogP contribution in [0.2, 0.25) is 0 Å². The molecule has 3 nitrogen and oxygen atoms in total. The molecule has 2 atom stereocenters. The highest BCUT2D eigenvalue weighted by atomic mass is 15.0. The Hall–Kier alpha value is -0.830. The Kier molecular flexibility index (Phi) is 3.99. The van der Waals surface area contributed by atoms with Crippen LogP contribution in [0.3, 0.4) is 0 Å². The lowest BCUT2D eigenvalue weighted by molar-refractivity contribution is 0.306. The van der Waals surface area contributed by atoms with Gasteiger partial charge >= 0.3 is 0 Å². The van der Waals surface area contributed by atoms with Crippen molar-refractivity contribution in [3.05, 3.63) is 18.2 Å². The Morgan fingerprint density at radius 3 is 3.12 bits per heavy atom. The van der Waals surface area contributed by atoms with Crippen LogP contribution in [0, 0.1) is 5.92 Å². The van der Waals surface area contributed by atoms with E-state index in [2.05, 4.69) is 34.9 Å². The predicted molar refractivity (Wildman–Crippen MR) is 66.5 cm³/mol. The lowest BCUT2D eigenvalue weighted by atomic mass is 9.82. The SMILES string of the molecule is CCCn1cncc1C1CCNCC1CC. The third-order valence-electron chi connectivity index (χ3n) is 3.72. The summed E-state index contributed by atoms with van der Waals surface area (Å²) < 4.78 is 2.35. The Bertz CT molecular complexity index is 319. The first kappa shape index (κ1) is 11.6. The standard InChI is InChI=1S/C13H23N3/c1-3-7-16-10-15-9-13(16)12-5-6-14-8-11(12)4-2/h9-12,14H,3-8H2,1-2H3. The van der Waals surface area contributed by atoms with Crippen molar-refractivity contribution in [1.29, 1.82) is 0 Å². The maximum absolute atomic E-state index is 4.33. The molecule has 90 valence electrons. The van der Waals surface area contributed by atoms with Crippen molar-refractivity contribution in [2.45, 2.75) is 45.6 Å². The lowest BCUT2D eigenvalue weighted by Crippen LogP contribution is -2.35. The van der Waals surface area contributed by atoms with Gasteiger partial charge in [-0.15, -0.1) is 0 Å². The molecule has 1 saturated heterocycles. The molecule has 0 radical (unpaired) electrons. The van der Waals surface area contributed by atoms with Gasteiger partial charge in [0.2, 0.25) is 0 Å². The van der Waals surface area contributed by atoms with Crippen LogP contribution in [0.15, 0.2) is 12.5 Å². The van der Waals surface area contributed by atoms with Gasteiger partial charge in [0.25, 0.3) is 0 Å². The average Bonchev–Trinajstić information content (AvgIpc) is 2.77. The van der Waals surface area contributed by atoms with Crippen LogP contribution in [0.5, 0.6) is 0 Å². The molecule has 2 unspecified atom stereocenters. The molecule has 16 heavy (non-hydrogen) atoms. The van der Waals surface area contributed by atoms with Gasteiger partial charge in [-0.25, -0.2) is 4.98 Å². The maximum Gasteiger partial charge on any atom is 0.0948 e. The molecule has 1 fully saturated rings. The van der Waals surface area contributed by atoms with Gasteiger partial charge in [0, 0.05) is 24.4 Å². The number of nitrogens with one attached hydrogen (secondary N) is 1. The van der Waals surface area contributed by atoms with Gasteiger partial charge in [-0.05, 0) is 31.8 Å². The zero-order valence-corrected chi connectivity index (χ0v) is 10.4. The van der Waals surface area contributed by atoms with Crippen LogP contribution in [0.4, 0.5) is 0 Å². The number of nitrogens with zero attached hydrogens (tertiary/aromatic N) is 2. The van der Waals surface area contributed by atoms with Crippen molar-refractivity contribution >= 4 is 0 Å². The minimum atomic E-state index is 0.709. The molecule has 1 N–H and O–H groups in total. The van der Waals surface area contributed by atoms with E-state index in [1.165, 1.54) is 31.5 Å². The van der Waals surface area contributed by atoms with Gasteiger partial charge in [-0.3, -0.25) is 0 Å². The van der Waals surface area contributed by atoms with Crippen LogP contribution in [0.1, 0.15) is 44.7 Å². The third-order valence-corrected chi connectivity index (χ3v) is 3.72. The second-order valence-electron chi connectivity index (χ2n) is 4.78. The smallest absolute Gasteiger partial charge is 0.0948 e. The summed E-state index contributed by atoms with van der Waals surface area (Å²) in [5, 5.41) is 3.50. The molecule has 2 heterocycles. The van der Waals surface area contributed by atoms with Gasteiger partial charge < -0.3 is 9.88 Å². The van der Waals surface area contributed by atoms with Crippen molar-refractivity contribution < 1.29 is 0 Å². The molecule has 1 aromatic heterocycles. The number of hydrogen-bond acceptors (Lipinski definition) is 2. The third kappa shape index (κ3) is 2.29. The van der Waals surface area contributed by atoms with E-state index in [1.54, 1.807) is 0 Å². The van der Waals surface area contributed by atoms with E-state index >= 15 is 0 Å². The molecule has 3 heteroatoms. The minimum absolute atomic E-state index is 0.709. The molecule has 0 saturated carbocycles. The molecule has 1 aromatic rings. The summed E-state index contributed by atoms with van der Waals surface area (Å²) in [7, 11) is 0. The zero-order chi connectivity index (χ0) is 11.4. The predicted octanol–water partition coefficient (Wildman–Crippen LogP) is 2.40. The van der Waals surface area contributed by atoms with Crippen LogP contribution >= 0.6 is 0 Å². The van der Waals surface area contributed by atoms with Gasteiger partial charge in [-0.1, -0.05) is 20.3 Å². The van der Waals surface area contributed by atoms with E-state index in [-0.39, 0.29) is 0 Å². The highest BCUT2D eigenvalue weighted by Crippen LogP contribution is 2.32. The molecular weight excluding hydrogens is 198 g/mol. The quantitative estimate of drug-likeness (QED) is 0.846. The summed E-state index contributed by atoms with van der Waals surface area (Å²) in [5.41, 5.74) is 1.45. The fourth-order valence-corrected chi connectivity index (χ4v) is 2.81. The summed E-state index contributed by atoms with van der Waals surface area (Å²) in [6, 6.07) is 0. The monoisotopic (exact) mass is 221 g/mol. The number of hydrogen-bond donors (Lipinski definition) is 1. The van der Waals surface area contributed by atoms with Crippen molar-refractivity contribution in [1.82, 2.24) is 14.9 Å². The summed E-state index contributed by atoms with van der Waals surface area (Å²) in [5.74, 6) is 1.49. The molecule has 2 rings (SSSR count). The first-order valence-electron chi connectivity index (χ1n) is 6.57. The Morgan fingerprint density at radius 2 is 2.38 bits per heavy atom. The van der Waals surface area contributed by atoms with E-state index in [0.717, 1.165) is 19.0 Å². The molecule has 0 aliphatic carbocycles. The van der Waals surface area contributed by atoms with Crippen molar-refractivity contribution in [3.63, 3.8) is 0 Å². The second-order valence-corrected chi connectivity index (χ2v) is 4.78. The summed E-state index contributed by atoms with van der Waals surface area (Å²) in [4.78, 5) is 4.33. The van der Waals surface area contributed by atoms with Crippen molar-refractivity contribution in [2.75, 3.05) is 13.1 Å². The number of rotatable bonds is 4. The molecule has 1 aliphatic heterocycles. The number of aryl methyl sites for hydroxylation is 1. The van der Waals surface area contributed by atoms with E-state index in [0.29, 0.717) is 5.92 Å². The Balaban J connectivity index is 2.16. The summed E-state index contributed by atoms with van der Waals surface area (Å²) in [6.07, 6.45) is 7.77. The fourth-order valence-electron chi connectivity index (χ4n) is 2.81. The van der Waals surface area contributed by atoms with E-state index < -0.39 is 0 Å². The maximum atomic E-state index is 4.33. The van der Waals surface area contributed by atoms with Crippen LogP contribution < -0.4 is 5.32 Å². The highest BCUT2D eigenvalue weighted by Gasteiger charge is 2.27. The van der Waals surface area contributed by atoms with Gasteiger partial charge in [0.1, 0.15) is 0 Å². The van der Waals surface area contributed by atoms with Gasteiger partial charge in [0.05, 0.1) is 6.33 Å². The molecule has 0 aromatic carbocycles. The fraction of sp³-hybridized carbons (Fsp3) is 0.769. The van der Waals surface area contributed by atoms with Crippen molar-refractivity contribution in [2.24, 2.45) is 5.92 Å². The van der Waals surface area contributed by atoms with Crippen LogP contribution in [-0.4, -0.2) is 22.6 Å². The average molecular weight is 221 g/mol. The molecule has 0 bridgehead atoms. The lowest BCUT2D eigenvalue weighted by Gasteiger charge is -2.32. The number of piperidine rings is 1. The van der Waals surface area contributed by atoms with E-state index in [1.807, 2.05) is 6.33 Å². The summed E-state index contributed by atoms with van der Waals surface area (Å²) in [6.45, 7) is 7.95. The second kappa shape index (κ2) is 5.48. The first-order chi connectivity index (χ1) is 7.86. The van der Waals surface area contributed by atoms with Crippen LogP contribution in [0.25, 0.3) is 0 Å². The topological polar surface area (TPSA) is 29.9 Å². The number of imidazole rings is 1. The molecular formula is C13H23N3. The van der Waals surface area contributed by atoms with Gasteiger partial charge in [-0.2, -0.15) is 0 Å².